The largest absolute Gasteiger partial charge is 0.368 e. The maximum Gasteiger partial charge on any atom is 0.269 e. The van der Waals surface area contributed by atoms with E-state index < -0.39 is 6.10 Å². The van der Waals surface area contributed by atoms with Crippen molar-refractivity contribution in [3.63, 3.8) is 0 Å². The predicted octanol–water partition coefficient (Wildman–Crippen LogP) is 2.34. The van der Waals surface area contributed by atoms with Crippen LogP contribution in [0, 0.1) is 0 Å². The van der Waals surface area contributed by atoms with Crippen LogP contribution in [0.4, 0.5) is 5.69 Å². The van der Waals surface area contributed by atoms with E-state index in [0.717, 1.165) is 6.42 Å². The average molecular weight is 324 g/mol. The molecular formula is C15H18ClN3O3. The Morgan fingerprint density at radius 2 is 2.09 bits per heavy atom. The number of anilines is 1. The third-order valence-corrected chi connectivity index (χ3v) is 3.38. The molecule has 1 atom stereocenters. The van der Waals surface area contributed by atoms with Crippen LogP contribution in [0.3, 0.4) is 0 Å². The first kappa shape index (κ1) is 16.5. The molecule has 1 aromatic rings. The van der Waals surface area contributed by atoms with E-state index in [9.17, 15) is 9.59 Å². The summed E-state index contributed by atoms with van der Waals surface area (Å²) in [5.41, 5.74) is 3.60. The molecule has 0 bridgehead atoms. The van der Waals surface area contributed by atoms with Crippen LogP contribution in [-0.4, -0.2) is 30.2 Å². The molecule has 1 aliphatic heterocycles. The average Bonchev–Trinajstić information content (AvgIpc) is 3.01. The lowest BCUT2D eigenvalue weighted by atomic mass is 10.2. The third kappa shape index (κ3) is 5.13. The van der Waals surface area contributed by atoms with Crippen molar-refractivity contribution in [1.82, 2.24) is 5.43 Å². The van der Waals surface area contributed by atoms with Gasteiger partial charge in [0.2, 0.25) is 5.91 Å². The molecule has 0 aromatic heterocycles. The molecule has 22 heavy (non-hydrogen) atoms. The van der Waals surface area contributed by atoms with E-state index in [-0.39, 0.29) is 18.2 Å². The number of rotatable bonds is 5. The minimum absolute atomic E-state index is 0.0917. The van der Waals surface area contributed by atoms with Crippen LogP contribution in [0.5, 0.6) is 0 Å². The van der Waals surface area contributed by atoms with Crippen LogP contribution < -0.4 is 10.7 Å². The molecule has 7 heteroatoms. The normalized spacial score (nSPS) is 18.1. The summed E-state index contributed by atoms with van der Waals surface area (Å²) < 4.78 is 5.25. The molecule has 1 aromatic carbocycles. The highest BCUT2D eigenvalue weighted by atomic mass is 35.5. The summed E-state index contributed by atoms with van der Waals surface area (Å²) in [6.07, 6.45) is 1.25. The van der Waals surface area contributed by atoms with Crippen molar-refractivity contribution in [3.8, 4) is 0 Å². The van der Waals surface area contributed by atoms with Gasteiger partial charge in [0.25, 0.3) is 5.91 Å². The highest BCUT2D eigenvalue weighted by Crippen LogP contribution is 2.14. The Morgan fingerprint density at radius 3 is 2.73 bits per heavy atom. The SMILES string of the molecule is C/C(CC(=O)Nc1ccc(Cl)cc1)=N\NC(=O)C1CCCO1. The van der Waals surface area contributed by atoms with E-state index in [1.54, 1.807) is 31.2 Å². The number of amides is 2. The zero-order valence-corrected chi connectivity index (χ0v) is 13.0. The van der Waals surface area contributed by atoms with Gasteiger partial charge in [-0.3, -0.25) is 9.59 Å². The summed E-state index contributed by atoms with van der Waals surface area (Å²) in [7, 11) is 0. The lowest BCUT2D eigenvalue weighted by Gasteiger charge is -2.08. The lowest BCUT2D eigenvalue weighted by molar-refractivity contribution is -0.130. The highest BCUT2D eigenvalue weighted by molar-refractivity contribution is 6.30. The van der Waals surface area contributed by atoms with E-state index in [1.165, 1.54) is 0 Å². The number of nitrogens with zero attached hydrogens (tertiary/aromatic N) is 1. The molecule has 1 heterocycles. The summed E-state index contributed by atoms with van der Waals surface area (Å²) in [6, 6.07) is 6.82. The third-order valence-electron chi connectivity index (χ3n) is 3.12. The zero-order chi connectivity index (χ0) is 15.9. The first-order chi connectivity index (χ1) is 10.5. The minimum atomic E-state index is -0.431. The molecule has 118 valence electrons. The number of nitrogens with one attached hydrogen (secondary N) is 2. The van der Waals surface area contributed by atoms with Crippen molar-refractivity contribution in [2.24, 2.45) is 5.10 Å². The van der Waals surface area contributed by atoms with Crippen LogP contribution >= 0.6 is 11.6 Å². The molecule has 1 unspecified atom stereocenters. The smallest absolute Gasteiger partial charge is 0.269 e. The molecule has 0 radical (unpaired) electrons. The van der Waals surface area contributed by atoms with Gasteiger partial charge in [-0.1, -0.05) is 11.6 Å². The summed E-state index contributed by atoms with van der Waals surface area (Å²) in [5.74, 6) is -0.482. The van der Waals surface area contributed by atoms with Gasteiger partial charge in [-0.2, -0.15) is 5.10 Å². The van der Waals surface area contributed by atoms with Crippen molar-refractivity contribution in [1.29, 1.82) is 0 Å². The van der Waals surface area contributed by atoms with Crippen molar-refractivity contribution >= 4 is 34.8 Å². The van der Waals surface area contributed by atoms with Gasteiger partial charge in [0.15, 0.2) is 0 Å². The monoisotopic (exact) mass is 323 g/mol. The van der Waals surface area contributed by atoms with E-state index in [4.69, 9.17) is 16.3 Å². The predicted molar refractivity (Wildman–Crippen MR) is 84.9 cm³/mol. The number of hydrazone groups is 1. The second-order valence-corrected chi connectivity index (χ2v) is 5.49. The first-order valence-electron chi connectivity index (χ1n) is 7.04. The minimum Gasteiger partial charge on any atom is -0.368 e. The molecule has 1 aliphatic rings. The van der Waals surface area contributed by atoms with Crippen molar-refractivity contribution in [2.75, 3.05) is 11.9 Å². The van der Waals surface area contributed by atoms with E-state index in [2.05, 4.69) is 15.8 Å². The molecule has 2 N–H and O–H groups in total. The highest BCUT2D eigenvalue weighted by Gasteiger charge is 2.23. The second-order valence-electron chi connectivity index (χ2n) is 5.06. The van der Waals surface area contributed by atoms with E-state index in [1.807, 2.05) is 0 Å². The second kappa shape index (κ2) is 7.91. The number of hydrogen-bond donors (Lipinski definition) is 2. The number of carbonyl (C=O) groups excluding carboxylic acids is 2. The van der Waals surface area contributed by atoms with Crippen LogP contribution in [0.2, 0.25) is 5.02 Å². The Bertz CT molecular complexity index is 566. The molecule has 0 saturated carbocycles. The summed E-state index contributed by atoms with van der Waals surface area (Å²) >= 11 is 5.78. The fourth-order valence-corrected chi connectivity index (χ4v) is 2.14. The Labute approximate surface area is 133 Å². The molecule has 1 fully saturated rings. The van der Waals surface area contributed by atoms with Gasteiger partial charge in [0.1, 0.15) is 6.10 Å². The summed E-state index contributed by atoms with van der Waals surface area (Å²) in [6.45, 7) is 2.28. The number of benzene rings is 1. The molecule has 6 nitrogen and oxygen atoms in total. The standard InChI is InChI=1S/C15H18ClN3O3/c1-10(18-19-15(21)13-3-2-8-22-13)9-14(20)17-12-6-4-11(16)5-7-12/h4-7,13H,2-3,8-9H2,1H3,(H,17,20)(H,19,21)/b18-10+. The van der Waals surface area contributed by atoms with Gasteiger partial charge in [0, 0.05) is 23.0 Å². The van der Waals surface area contributed by atoms with Gasteiger partial charge in [-0.15, -0.1) is 0 Å². The Hall–Kier alpha value is -1.92. The van der Waals surface area contributed by atoms with E-state index in [0.29, 0.717) is 29.4 Å². The summed E-state index contributed by atoms with van der Waals surface area (Å²) in [5, 5.41) is 7.25. The van der Waals surface area contributed by atoms with E-state index >= 15 is 0 Å². The molecule has 2 amide bonds. The Morgan fingerprint density at radius 1 is 1.36 bits per heavy atom. The van der Waals surface area contributed by atoms with Gasteiger partial charge >= 0.3 is 0 Å². The first-order valence-corrected chi connectivity index (χ1v) is 7.42. The topological polar surface area (TPSA) is 79.8 Å². The lowest BCUT2D eigenvalue weighted by Crippen LogP contribution is -2.31. The maximum atomic E-state index is 11.8. The van der Waals surface area contributed by atoms with Gasteiger partial charge in [0.05, 0.1) is 6.42 Å². The van der Waals surface area contributed by atoms with Crippen molar-refractivity contribution < 1.29 is 14.3 Å². The zero-order valence-electron chi connectivity index (χ0n) is 12.3. The van der Waals surface area contributed by atoms with Crippen LogP contribution in [0.15, 0.2) is 29.4 Å². The molecule has 1 saturated heterocycles. The van der Waals surface area contributed by atoms with Gasteiger partial charge in [-0.05, 0) is 44.0 Å². The van der Waals surface area contributed by atoms with Gasteiger partial charge < -0.3 is 10.1 Å². The van der Waals surface area contributed by atoms with Crippen LogP contribution in [0.1, 0.15) is 26.2 Å². The fourth-order valence-electron chi connectivity index (χ4n) is 2.02. The van der Waals surface area contributed by atoms with Crippen molar-refractivity contribution in [3.05, 3.63) is 29.3 Å². The Balaban J connectivity index is 1.78. The molecule has 0 aliphatic carbocycles. The fraction of sp³-hybridized carbons (Fsp3) is 0.400. The quantitative estimate of drug-likeness (QED) is 0.644. The molecule has 0 spiro atoms. The van der Waals surface area contributed by atoms with Crippen LogP contribution in [0.25, 0.3) is 0 Å². The molecular weight excluding hydrogens is 306 g/mol. The number of halogens is 1. The van der Waals surface area contributed by atoms with Crippen LogP contribution in [-0.2, 0) is 14.3 Å². The number of ether oxygens (including phenoxy) is 1. The maximum absolute atomic E-state index is 11.8. The Kier molecular flexibility index (Phi) is 5.91. The molecule has 2 rings (SSSR count). The number of hydrogen-bond acceptors (Lipinski definition) is 4. The van der Waals surface area contributed by atoms with Gasteiger partial charge in [-0.25, -0.2) is 5.43 Å². The number of carbonyl (C=O) groups is 2. The summed E-state index contributed by atoms with van der Waals surface area (Å²) in [4.78, 5) is 23.5. The van der Waals surface area contributed by atoms with Crippen molar-refractivity contribution in [2.45, 2.75) is 32.3 Å².